The van der Waals surface area contributed by atoms with Crippen molar-refractivity contribution in [3.05, 3.63) is 35.6 Å². The molecule has 1 aromatic carbocycles. The monoisotopic (exact) mass is 195 g/mol. The van der Waals surface area contributed by atoms with Gasteiger partial charge in [0.15, 0.2) is 0 Å². The molecule has 0 fully saturated rings. The molecule has 0 aliphatic rings. The summed E-state index contributed by atoms with van der Waals surface area (Å²) in [4.78, 5) is 10.9. The molecule has 1 aromatic rings. The minimum absolute atomic E-state index is 0.0203. The molecular weight excluding hydrogens is 181 g/mol. The fourth-order valence-electron chi connectivity index (χ4n) is 1.37. The lowest BCUT2D eigenvalue weighted by Crippen LogP contribution is -2.18. The van der Waals surface area contributed by atoms with Crippen LogP contribution in [0.15, 0.2) is 24.3 Å². The summed E-state index contributed by atoms with van der Waals surface area (Å²) in [5.74, 6) is -0.139. The molecule has 1 N–H and O–H groups in total. The summed E-state index contributed by atoms with van der Waals surface area (Å²) in [7, 11) is 1.79. The van der Waals surface area contributed by atoms with Crippen LogP contribution in [-0.2, 0) is 4.79 Å². The first-order chi connectivity index (χ1) is 6.63. The van der Waals surface area contributed by atoms with Crippen molar-refractivity contribution in [2.24, 2.45) is 0 Å². The molecule has 0 heterocycles. The summed E-state index contributed by atoms with van der Waals surface area (Å²) in [5, 5.41) is 3.03. The maximum Gasteiger partial charge on any atom is 0.131 e. The molecule has 0 aliphatic carbocycles. The number of hydrogen-bond acceptors (Lipinski definition) is 2. The minimum Gasteiger partial charge on any atom is -0.313 e. The van der Waals surface area contributed by atoms with Crippen LogP contribution in [0.1, 0.15) is 24.9 Å². The molecular formula is C11H14FNO. The Hall–Kier alpha value is -1.22. The molecule has 76 valence electrons. The second-order valence-electron chi connectivity index (χ2n) is 3.30. The molecule has 1 atom stereocenters. The van der Waals surface area contributed by atoms with Crippen LogP contribution in [0.25, 0.3) is 0 Å². The number of benzene rings is 1. The smallest absolute Gasteiger partial charge is 0.131 e. The second kappa shape index (κ2) is 4.86. The third kappa shape index (κ3) is 2.92. The van der Waals surface area contributed by atoms with Crippen molar-refractivity contribution in [2.75, 3.05) is 7.05 Å². The Balaban J connectivity index is 2.78. The Bertz CT molecular complexity index is 308. The maximum absolute atomic E-state index is 12.6. The molecule has 1 unspecified atom stereocenters. The summed E-state index contributed by atoms with van der Waals surface area (Å²) < 4.78 is 12.6. The van der Waals surface area contributed by atoms with E-state index in [0.29, 0.717) is 6.42 Å². The number of Topliss-reactive ketones (excluding diaryl/α,β-unsaturated/α-hetero) is 1. The van der Waals surface area contributed by atoms with E-state index in [1.165, 1.54) is 12.1 Å². The highest BCUT2D eigenvalue weighted by Crippen LogP contribution is 2.16. The Morgan fingerprint density at radius 1 is 1.43 bits per heavy atom. The predicted octanol–water partition coefficient (Wildman–Crippen LogP) is 2.07. The van der Waals surface area contributed by atoms with Gasteiger partial charge in [-0.2, -0.15) is 0 Å². The van der Waals surface area contributed by atoms with E-state index in [1.54, 1.807) is 26.1 Å². The normalized spacial score (nSPS) is 12.5. The van der Waals surface area contributed by atoms with Gasteiger partial charge in [0.25, 0.3) is 0 Å². The Morgan fingerprint density at radius 2 is 2.00 bits per heavy atom. The topological polar surface area (TPSA) is 29.1 Å². The Morgan fingerprint density at radius 3 is 2.43 bits per heavy atom. The first-order valence-corrected chi connectivity index (χ1v) is 4.55. The van der Waals surface area contributed by atoms with Crippen LogP contribution in [0.5, 0.6) is 0 Å². The quantitative estimate of drug-likeness (QED) is 0.796. The molecule has 0 bridgehead atoms. The number of ketones is 1. The van der Waals surface area contributed by atoms with E-state index in [-0.39, 0.29) is 17.6 Å². The lowest BCUT2D eigenvalue weighted by molar-refractivity contribution is -0.117. The van der Waals surface area contributed by atoms with E-state index in [2.05, 4.69) is 5.32 Å². The van der Waals surface area contributed by atoms with Crippen molar-refractivity contribution in [2.45, 2.75) is 19.4 Å². The first kappa shape index (κ1) is 10.9. The van der Waals surface area contributed by atoms with Gasteiger partial charge in [-0.05, 0) is 31.7 Å². The standard InChI is InChI=1S/C11H14FNO/c1-8(14)7-11(13-2)9-3-5-10(12)6-4-9/h3-6,11,13H,7H2,1-2H3. The second-order valence-corrected chi connectivity index (χ2v) is 3.30. The van der Waals surface area contributed by atoms with E-state index < -0.39 is 0 Å². The molecule has 3 heteroatoms. The van der Waals surface area contributed by atoms with Crippen LogP contribution < -0.4 is 5.32 Å². The third-order valence-electron chi connectivity index (χ3n) is 2.11. The summed E-state index contributed by atoms with van der Waals surface area (Å²) in [5.41, 5.74) is 0.934. The van der Waals surface area contributed by atoms with Gasteiger partial charge in [0, 0.05) is 12.5 Å². The van der Waals surface area contributed by atoms with E-state index in [9.17, 15) is 9.18 Å². The minimum atomic E-state index is -0.258. The number of hydrogen-bond donors (Lipinski definition) is 1. The number of nitrogens with one attached hydrogen (secondary N) is 1. The van der Waals surface area contributed by atoms with E-state index in [4.69, 9.17) is 0 Å². The highest BCUT2D eigenvalue weighted by Gasteiger charge is 2.10. The fraction of sp³-hybridized carbons (Fsp3) is 0.364. The van der Waals surface area contributed by atoms with Crippen LogP contribution >= 0.6 is 0 Å². The van der Waals surface area contributed by atoms with Gasteiger partial charge in [0.05, 0.1) is 0 Å². The van der Waals surface area contributed by atoms with Crippen LogP contribution in [0.3, 0.4) is 0 Å². The van der Waals surface area contributed by atoms with Gasteiger partial charge >= 0.3 is 0 Å². The van der Waals surface area contributed by atoms with Gasteiger partial charge in [-0.1, -0.05) is 12.1 Å². The third-order valence-corrected chi connectivity index (χ3v) is 2.11. The Labute approximate surface area is 83.1 Å². The molecule has 0 amide bonds. The molecule has 14 heavy (non-hydrogen) atoms. The van der Waals surface area contributed by atoms with Crippen LogP contribution in [0.2, 0.25) is 0 Å². The average Bonchev–Trinajstić information content (AvgIpc) is 2.15. The summed E-state index contributed by atoms with van der Waals surface area (Å²) in [6.45, 7) is 1.55. The maximum atomic E-state index is 12.6. The van der Waals surface area contributed by atoms with Crippen molar-refractivity contribution in [1.82, 2.24) is 5.32 Å². The molecule has 1 rings (SSSR count). The number of rotatable bonds is 4. The van der Waals surface area contributed by atoms with Crippen molar-refractivity contribution in [3.63, 3.8) is 0 Å². The number of halogens is 1. The van der Waals surface area contributed by atoms with E-state index >= 15 is 0 Å². The fourth-order valence-corrected chi connectivity index (χ4v) is 1.37. The molecule has 0 aliphatic heterocycles. The van der Waals surface area contributed by atoms with Gasteiger partial charge in [-0.15, -0.1) is 0 Å². The zero-order valence-corrected chi connectivity index (χ0v) is 8.38. The van der Waals surface area contributed by atoms with Gasteiger partial charge < -0.3 is 5.32 Å². The van der Waals surface area contributed by atoms with Crippen LogP contribution in [0, 0.1) is 5.82 Å². The SMILES string of the molecule is CNC(CC(C)=O)c1ccc(F)cc1. The number of carbonyl (C=O) groups excluding carboxylic acids is 1. The highest BCUT2D eigenvalue weighted by atomic mass is 19.1. The van der Waals surface area contributed by atoms with E-state index in [1.807, 2.05) is 0 Å². The van der Waals surface area contributed by atoms with Crippen LogP contribution in [-0.4, -0.2) is 12.8 Å². The van der Waals surface area contributed by atoms with Gasteiger partial charge in [0.1, 0.15) is 11.6 Å². The van der Waals surface area contributed by atoms with Gasteiger partial charge in [-0.25, -0.2) is 4.39 Å². The van der Waals surface area contributed by atoms with Crippen LogP contribution in [0.4, 0.5) is 4.39 Å². The zero-order chi connectivity index (χ0) is 10.6. The average molecular weight is 195 g/mol. The van der Waals surface area contributed by atoms with Crippen molar-refractivity contribution >= 4 is 5.78 Å². The summed E-state index contributed by atoms with van der Waals surface area (Å²) in [6, 6.07) is 6.17. The van der Waals surface area contributed by atoms with Crippen molar-refractivity contribution < 1.29 is 9.18 Å². The molecule has 0 radical (unpaired) electrons. The Kier molecular flexibility index (Phi) is 3.77. The lowest BCUT2D eigenvalue weighted by Gasteiger charge is -2.14. The molecule has 0 aromatic heterocycles. The molecule has 2 nitrogen and oxygen atoms in total. The van der Waals surface area contributed by atoms with Crippen molar-refractivity contribution in [1.29, 1.82) is 0 Å². The predicted molar refractivity (Wildman–Crippen MR) is 53.5 cm³/mol. The van der Waals surface area contributed by atoms with Crippen molar-refractivity contribution in [3.8, 4) is 0 Å². The lowest BCUT2D eigenvalue weighted by atomic mass is 10.0. The first-order valence-electron chi connectivity index (χ1n) is 4.55. The zero-order valence-electron chi connectivity index (χ0n) is 8.38. The summed E-state index contributed by atoms with van der Waals surface area (Å²) >= 11 is 0. The molecule has 0 saturated carbocycles. The van der Waals surface area contributed by atoms with E-state index in [0.717, 1.165) is 5.56 Å². The number of carbonyl (C=O) groups is 1. The van der Waals surface area contributed by atoms with Gasteiger partial charge in [-0.3, -0.25) is 4.79 Å². The molecule has 0 saturated heterocycles. The highest BCUT2D eigenvalue weighted by molar-refractivity contribution is 5.76. The summed E-state index contributed by atoms with van der Waals surface area (Å²) in [6.07, 6.45) is 0.433. The molecule has 0 spiro atoms. The van der Waals surface area contributed by atoms with Gasteiger partial charge in [0.2, 0.25) is 0 Å². The largest absolute Gasteiger partial charge is 0.313 e.